The fourth-order valence-electron chi connectivity index (χ4n) is 9.01. The predicted molar refractivity (Wildman–Crippen MR) is 215 cm³/mol. The molecule has 1 aromatic heterocycles. The van der Waals surface area contributed by atoms with Crippen LogP contribution < -0.4 is 4.90 Å². The van der Waals surface area contributed by atoms with Crippen molar-refractivity contribution in [2.24, 2.45) is 5.92 Å². The molecule has 0 N–H and O–H groups in total. The second kappa shape index (κ2) is 12.2. The number of nitrogens with zero attached hydrogens (tertiary/aromatic N) is 2. The van der Waals surface area contributed by atoms with Crippen LogP contribution in [0, 0.1) is 5.92 Å². The smallest absolute Gasteiger partial charge is 0.0541 e. The van der Waals surface area contributed by atoms with Crippen LogP contribution in [-0.2, 0) is 0 Å². The van der Waals surface area contributed by atoms with Crippen LogP contribution in [0.5, 0.6) is 0 Å². The van der Waals surface area contributed by atoms with E-state index in [9.17, 15) is 0 Å². The van der Waals surface area contributed by atoms with E-state index in [0.29, 0.717) is 17.8 Å². The van der Waals surface area contributed by atoms with Crippen molar-refractivity contribution in [3.8, 4) is 27.9 Å². The Labute approximate surface area is 300 Å². The van der Waals surface area contributed by atoms with Crippen LogP contribution in [0.1, 0.15) is 49.1 Å². The minimum Gasteiger partial charge on any atom is -0.313 e. The summed E-state index contributed by atoms with van der Waals surface area (Å²) in [6.45, 7) is 2.42. The lowest BCUT2D eigenvalue weighted by molar-refractivity contribution is 0.448. The molecule has 0 bridgehead atoms. The van der Waals surface area contributed by atoms with E-state index in [1.54, 1.807) is 0 Å². The van der Waals surface area contributed by atoms with Crippen molar-refractivity contribution >= 4 is 33.2 Å². The fourth-order valence-corrected chi connectivity index (χ4v) is 9.01. The molecule has 2 aliphatic carbocycles. The van der Waals surface area contributed by atoms with Crippen molar-refractivity contribution in [1.82, 2.24) is 4.57 Å². The normalized spacial score (nSPS) is 19.4. The van der Waals surface area contributed by atoms with Gasteiger partial charge >= 0.3 is 0 Å². The van der Waals surface area contributed by atoms with Crippen LogP contribution >= 0.6 is 0 Å². The van der Waals surface area contributed by atoms with Crippen molar-refractivity contribution in [3.05, 3.63) is 187 Å². The first-order chi connectivity index (χ1) is 25.2. The van der Waals surface area contributed by atoms with Gasteiger partial charge in [-0.25, -0.2) is 0 Å². The monoisotopic (exact) mass is 656 g/mol. The lowest BCUT2D eigenvalue weighted by Crippen LogP contribution is -2.14. The van der Waals surface area contributed by atoms with Gasteiger partial charge in [0.2, 0.25) is 0 Å². The van der Waals surface area contributed by atoms with Crippen LogP contribution in [0.15, 0.2) is 176 Å². The van der Waals surface area contributed by atoms with Gasteiger partial charge in [0.05, 0.1) is 16.7 Å². The number of hydrogen-bond donors (Lipinski definition) is 0. The third-order valence-electron chi connectivity index (χ3n) is 11.6. The Balaban J connectivity index is 1.14. The van der Waals surface area contributed by atoms with Gasteiger partial charge in [-0.05, 0) is 119 Å². The molecular weight excluding hydrogens is 617 g/mol. The lowest BCUT2D eigenvalue weighted by Gasteiger charge is -2.29. The highest BCUT2D eigenvalue weighted by Gasteiger charge is 2.35. The standard InChI is InChI=1S/C49H40N2/c1-33-14-8-9-19-39(33)42-27-24-37(34-15-4-2-5-16-34)32-49(42)51-46-23-13-11-21-41(46)44-31-36(26-29-48(44)51)35-25-28-47-43(30-35)40-20-10-12-22-45(40)50(47)38-17-6-3-7-18-38/h2-13,15-18,21-33,39-40H,14,19-20H2,1H3. The zero-order chi connectivity index (χ0) is 33.9. The molecule has 3 unspecified atom stereocenters. The number of rotatable bonds is 5. The molecule has 0 spiro atoms. The maximum Gasteiger partial charge on any atom is 0.0541 e. The molecule has 246 valence electrons. The molecule has 2 heteroatoms. The summed E-state index contributed by atoms with van der Waals surface area (Å²) < 4.78 is 2.55. The van der Waals surface area contributed by atoms with Crippen molar-refractivity contribution < 1.29 is 0 Å². The second-order valence-corrected chi connectivity index (χ2v) is 14.5. The van der Waals surface area contributed by atoms with Gasteiger partial charge in [0.25, 0.3) is 0 Å². The molecule has 0 amide bonds. The molecule has 3 aliphatic rings. The molecule has 0 fully saturated rings. The van der Waals surface area contributed by atoms with E-state index in [4.69, 9.17) is 0 Å². The van der Waals surface area contributed by atoms with Gasteiger partial charge in [-0.2, -0.15) is 0 Å². The van der Waals surface area contributed by atoms with Gasteiger partial charge in [0.15, 0.2) is 0 Å². The summed E-state index contributed by atoms with van der Waals surface area (Å²) in [5.41, 5.74) is 15.6. The highest BCUT2D eigenvalue weighted by Crippen LogP contribution is 2.51. The second-order valence-electron chi connectivity index (χ2n) is 14.5. The van der Waals surface area contributed by atoms with Crippen LogP contribution in [0.4, 0.5) is 11.4 Å². The summed E-state index contributed by atoms with van der Waals surface area (Å²) in [5.74, 6) is 1.42. The first-order valence-electron chi connectivity index (χ1n) is 18.5. The van der Waals surface area contributed by atoms with E-state index in [-0.39, 0.29) is 0 Å². The van der Waals surface area contributed by atoms with Crippen LogP contribution in [0.2, 0.25) is 0 Å². The van der Waals surface area contributed by atoms with Crippen molar-refractivity contribution in [2.75, 3.05) is 4.90 Å². The Morgan fingerprint density at radius 2 is 1.22 bits per heavy atom. The molecule has 2 heterocycles. The highest BCUT2D eigenvalue weighted by molar-refractivity contribution is 6.10. The minimum atomic E-state index is 0.364. The van der Waals surface area contributed by atoms with E-state index >= 15 is 0 Å². The molecule has 0 radical (unpaired) electrons. The van der Waals surface area contributed by atoms with Crippen molar-refractivity contribution in [2.45, 2.75) is 38.0 Å². The first kappa shape index (κ1) is 30.0. The minimum absolute atomic E-state index is 0.364. The molecule has 1 aliphatic heterocycles. The summed E-state index contributed by atoms with van der Waals surface area (Å²) in [4.78, 5) is 2.45. The van der Waals surface area contributed by atoms with Crippen LogP contribution in [0.3, 0.4) is 0 Å². The van der Waals surface area contributed by atoms with Crippen LogP contribution in [-0.4, -0.2) is 4.57 Å². The van der Waals surface area contributed by atoms with E-state index in [0.717, 1.165) is 19.3 Å². The summed E-state index contributed by atoms with van der Waals surface area (Å²) in [6, 6.07) is 52.0. The Bertz CT molecular complexity index is 2530. The maximum absolute atomic E-state index is 2.55. The number of hydrogen-bond acceptors (Lipinski definition) is 1. The third-order valence-corrected chi connectivity index (χ3v) is 11.6. The third kappa shape index (κ3) is 4.93. The summed E-state index contributed by atoms with van der Waals surface area (Å²) in [6.07, 6.45) is 14.8. The molecule has 6 aromatic carbocycles. The Morgan fingerprint density at radius 3 is 2.08 bits per heavy atom. The van der Waals surface area contributed by atoms with E-state index in [2.05, 4.69) is 186 Å². The fraction of sp³-hybridized carbons (Fsp3) is 0.143. The molecule has 10 rings (SSSR count). The average molecular weight is 657 g/mol. The number of benzene rings is 6. The van der Waals surface area contributed by atoms with Gasteiger partial charge in [-0.15, -0.1) is 0 Å². The zero-order valence-electron chi connectivity index (χ0n) is 28.9. The summed E-state index contributed by atoms with van der Waals surface area (Å²) in [5, 5.41) is 2.59. The highest BCUT2D eigenvalue weighted by atomic mass is 15.2. The predicted octanol–water partition coefficient (Wildman–Crippen LogP) is 13.3. The first-order valence-corrected chi connectivity index (χ1v) is 18.5. The molecule has 3 atom stereocenters. The molecular formula is C49H40N2. The molecule has 2 nitrogen and oxygen atoms in total. The average Bonchev–Trinajstić information content (AvgIpc) is 3.71. The number of anilines is 2. The van der Waals surface area contributed by atoms with Crippen molar-refractivity contribution in [3.63, 3.8) is 0 Å². The number of aromatic nitrogens is 1. The zero-order valence-corrected chi connectivity index (χ0v) is 28.9. The van der Waals surface area contributed by atoms with Gasteiger partial charge in [0, 0.05) is 33.8 Å². The Hall–Kier alpha value is -5.86. The van der Waals surface area contributed by atoms with E-state index < -0.39 is 0 Å². The molecule has 51 heavy (non-hydrogen) atoms. The van der Waals surface area contributed by atoms with Gasteiger partial charge in [0.1, 0.15) is 0 Å². The van der Waals surface area contributed by atoms with Crippen molar-refractivity contribution in [1.29, 1.82) is 0 Å². The van der Waals surface area contributed by atoms with E-state index in [1.165, 1.54) is 77.9 Å². The Morgan fingerprint density at radius 1 is 0.510 bits per heavy atom. The largest absolute Gasteiger partial charge is 0.313 e. The van der Waals surface area contributed by atoms with Gasteiger partial charge in [-0.1, -0.05) is 122 Å². The lowest BCUT2D eigenvalue weighted by atomic mass is 9.78. The van der Waals surface area contributed by atoms with Crippen LogP contribution in [0.25, 0.3) is 49.7 Å². The molecule has 7 aromatic rings. The number of fused-ring (bicyclic) bond motifs is 6. The van der Waals surface area contributed by atoms with Gasteiger partial charge in [-0.3, -0.25) is 0 Å². The Kier molecular flexibility index (Phi) is 7.16. The van der Waals surface area contributed by atoms with E-state index in [1.807, 2.05) is 0 Å². The SMILES string of the molecule is CC1CC=CCC1c1ccc(-c2ccccc2)cc1-n1c2ccccc2c2cc(-c3ccc4c(c3)C3CC=CC=C3N4c3ccccc3)ccc21. The molecule has 0 saturated heterocycles. The topological polar surface area (TPSA) is 8.17 Å². The maximum atomic E-state index is 2.55. The summed E-state index contributed by atoms with van der Waals surface area (Å²) >= 11 is 0. The van der Waals surface area contributed by atoms with Gasteiger partial charge < -0.3 is 9.47 Å². The quantitative estimate of drug-likeness (QED) is 0.167. The number of para-hydroxylation sites is 2. The summed E-state index contributed by atoms with van der Waals surface area (Å²) in [7, 11) is 0. The molecule has 0 saturated carbocycles. The number of allylic oxidation sites excluding steroid dienone is 6.